The second-order valence-corrected chi connectivity index (χ2v) is 12.1. The zero-order chi connectivity index (χ0) is 32.8. The van der Waals surface area contributed by atoms with Crippen molar-refractivity contribution in [3.05, 3.63) is 167 Å². The van der Waals surface area contributed by atoms with Crippen molar-refractivity contribution >= 4 is 12.1 Å². The topological polar surface area (TPSA) is 92.9 Å². The Kier molecular flexibility index (Phi) is 9.50. The van der Waals surface area contributed by atoms with Crippen LogP contribution in [0.2, 0.25) is 0 Å². The SMILES string of the molecule is Cc1ccc(C(c2ccccc2)(c2ccccc2)N(C(=O)OCC2c3ccccc3-c3ccccc32)[C@@H](CCCCN)C(=O)O)cc1. The molecule has 1 aliphatic rings. The number of nitrogens with two attached hydrogens (primary N) is 1. The highest BCUT2D eigenvalue weighted by molar-refractivity contribution is 5.83. The van der Waals surface area contributed by atoms with Crippen molar-refractivity contribution < 1.29 is 19.4 Å². The Balaban J connectivity index is 1.53. The number of aliphatic carboxylic acids is 1. The van der Waals surface area contributed by atoms with Crippen molar-refractivity contribution in [1.82, 2.24) is 4.90 Å². The summed E-state index contributed by atoms with van der Waals surface area (Å²) in [6.45, 7) is 2.50. The first-order valence-corrected chi connectivity index (χ1v) is 16.2. The van der Waals surface area contributed by atoms with Crippen molar-refractivity contribution in [2.24, 2.45) is 5.73 Å². The highest BCUT2D eigenvalue weighted by atomic mass is 16.6. The van der Waals surface area contributed by atoms with Crippen LogP contribution < -0.4 is 5.73 Å². The van der Waals surface area contributed by atoms with E-state index in [9.17, 15) is 14.7 Å². The van der Waals surface area contributed by atoms with Gasteiger partial charge in [-0.1, -0.05) is 139 Å². The van der Waals surface area contributed by atoms with Gasteiger partial charge < -0.3 is 15.6 Å². The molecule has 3 N–H and O–H groups in total. The van der Waals surface area contributed by atoms with Crippen LogP contribution in [-0.4, -0.2) is 41.3 Å². The fourth-order valence-corrected chi connectivity index (χ4v) is 7.08. The lowest BCUT2D eigenvalue weighted by Gasteiger charge is -2.47. The molecule has 0 radical (unpaired) electrons. The lowest BCUT2D eigenvalue weighted by Crippen LogP contribution is -2.58. The average molecular weight is 625 g/mol. The number of unbranched alkanes of at least 4 members (excludes halogenated alkanes) is 1. The molecule has 0 heterocycles. The predicted octanol–water partition coefficient (Wildman–Crippen LogP) is 8.12. The first-order chi connectivity index (χ1) is 23.0. The summed E-state index contributed by atoms with van der Waals surface area (Å²) in [6, 6.07) is 42.4. The Morgan fingerprint density at radius 1 is 0.723 bits per heavy atom. The molecule has 0 saturated carbocycles. The number of hydrogen-bond donors (Lipinski definition) is 2. The normalized spacial score (nSPS) is 13.0. The van der Waals surface area contributed by atoms with Crippen molar-refractivity contribution in [3.8, 4) is 11.1 Å². The zero-order valence-corrected chi connectivity index (χ0v) is 26.6. The molecule has 5 aromatic carbocycles. The minimum Gasteiger partial charge on any atom is -0.480 e. The van der Waals surface area contributed by atoms with Gasteiger partial charge in [0, 0.05) is 5.92 Å². The van der Waals surface area contributed by atoms with Crippen molar-refractivity contribution in [2.75, 3.05) is 13.2 Å². The highest BCUT2D eigenvalue weighted by Crippen LogP contribution is 2.47. The van der Waals surface area contributed by atoms with E-state index >= 15 is 0 Å². The molecule has 0 bridgehead atoms. The average Bonchev–Trinajstić information content (AvgIpc) is 3.43. The number of carbonyl (C=O) groups is 2. The van der Waals surface area contributed by atoms with Gasteiger partial charge in [0.05, 0.1) is 0 Å². The minimum atomic E-state index is -1.33. The summed E-state index contributed by atoms with van der Waals surface area (Å²) >= 11 is 0. The maximum absolute atomic E-state index is 15.0. The molecule has 47 heavy (non-hydrogen) atoms. The largest absolute Gasteiger partial charge is 0.480 e. The van der Waals surface area contributed by atoms with Gasteiger partial charge in [0.25, 0.3) is 0 Å². The van der Waals surface area contributed by atoms with E-state index in [1.54, 1.807) is 0 Å². The number of rotatable bonds is 12. The molecule has 0 aliphatic heterocycles. The van der Waals surface area contributed by atoms with Crippen LogP contribution in [0.1, 0.15) is 58.6 Å². The van der Waals surface area contributed by atoms with Gasteiger partial charge in [0.2, 0.25) is 0 Å². The molecule has 0 saturated heterocycles. The first-order valence-electron chi connectivity index (χ1n) is 16.2. The van der Waals surface area contributed by atoms with Gasteiger partial charge in [-0.2, -0.15) is 0 Å². The Labute approximate surface area is 276 Å². The number of carboxylic acid groups (broad SMARTS) is 1. The number of benzene rings is 5. The Hall–Kier alpha value is -5.20. The van der Waals surface area contributed by atoms with E-state index in [2.05, 4.69) is 24.3 Å². The Morgan fingerprint density at radius 2 is 1.21 bits per heavy atom. The number of amides is 1. The minimum absolute atomic E-state index is 0.0616. The second kappa shape index (κ2) is 14.1. The van der Waals surface area contributed by atoms with Crippen molar-refractivity contribution in [3.63, 3.8) is 0 Å². The molecular formula is C41H40N2O4. The molecule has 6 rings (SSSR count). The van der Waals surface area contributed by atoms with Crippen LogP contribution in [0.5, 0.6) is 0 Å². The number of carbonyl (C=O) groups excluding carboxylic acids is 1. The van der Waals surface area contributed by atoms with Gasteiger partial charge in [-0.05, 0) is 71.7 Å². The summed E-state index contributed by atoms with van der Waals surface area (Å²) in [5, 5.41) is 10.9. The van der Waals surface area contributed by atoms with Crippen LogP contribution in [0.3, 0.4) is 0 Å². The predicted molar refractivity (Wildman–Crippen MR) is 185 cm³/mol. The maximum atomic E-state index is 15.0. The first kappa shape index (κ1) is 31.8. The third-order valence-electron chi connectivity index (χ3n) is 9.27. The maximum Gasteiger partial charge on any atom is 0.411 e. The number of ether oxygens (including phenoxy) is 1. The standard InChI is InChI=1S/C41H40N2O4/c1-29-23-25-32(26-24-29)41(30-14-4-2-5-15-30,31-16-6-3-7-17-31)43(38(39(44)45)22-12-13-27-42)40(46)47-28-37-35-20-10-8-18-33(35)34-19-9-11-21-36(34)37/h2-11,14-21,23-26,37-38H,12-13,22,27-28,42H2,1H3,(H,44,45)/t38-/m0/s1. The second-order valence-electron chi connectivity index (χ2n) is 12.1. The van der Waals surface area contributed by atoms with E-state index < -0.39 is 23.6 Å². The number of nitrogens with zero attached hydrogens (tertiary/aromatic N) is 1. The smallest absolute Gasteiger partial charge is 0.411 e. The quantitative estimate of drug-likeness (QED) is 0.108. The molecule has 6 nitrogen and oxygen atoms in total. The number of fused-ring (bicyclic) bond motifs is 3. The lowest BCUT2D eigenvalue weighted by atomic mass is 9.74. The van der Waals surface area contributed by atoms with Gasteiger partial charge in [-0.25, -0.2) is 9.59 Å². The number of aryl methyl sites for hydroxylation is 1. The van der Waals surface area contributed by atoms with Gasteiger partial charge in [-0.3, -0.25) is 4.90 Å². The van der Waals surface area contributed by atoms with E-state index in [1.165, 1.54) is 4.90 Å². The third kappa shape index (κ3) is 6.05. The van der Waals surface area contributed by atoms with E-state index in [0.717, 1.165) is 44.5 Å². The molecule has 1 amide bonds. The van der Waals surface area contributed by atoms with Gasteiger partial charge >= 0.3 is 12.1 Å². The summed E-state index contributed by atoms with van der Waals surface area (Å²) < 4.78 is 6.33. The Morgan fingerprint density at radius 3 is 1.72 bits per heavy atom. The summed E-state index contributed by atoms with van der Waals surface area (Å²) in [4.78, 5) is 29.8. The summed E-state index contributed by atoms with van der Waals surface area (Å²) in [7, 11) is 0. The van der Waals surface area contributed by atoms with E-state index in [4.69, 9.17) is 10.5 Å². The van der Waals surface area contributed by atoms with Crippen LogP contribution in [0.15, 0.2) is 133 Å². The van der Waals surface area contributed by atoms with Crippen LogP contribution in [0.25, 0.3) is 11.1 Å². The molecule has 1 atom stereocenters. The molecule has 1 aliphatic carbocycles. The molecular weight excluding hydrogens is 584 g/mol. The monoisotopic (exact) mass is 624 g/mol. The highest BCUT2D eigenvalue weighted by Gasteiger charge is 2.50. The van der Waals surface area contributed by atoms with Crippen LogP contribution in [0.4, 0.5) is 4.79 Å². The zero-order valence-electron chi connectivity index (χ0n) is 26.6. The number of carboxylic acids is 1. The van der Waals surface area contributed by atoms with Gasteiger partial charge in [0.15, 0.2) is 0 Å². The molecule has 5 aromatic rings. The van der Waals surface area contributed by atoms with Gasteiger partial charge in [-0.15, -0.1) is 0 Å². The van der Waals surface area contributed by atoms with Crippen LogP contribution >= 0.6 is 0 Å². The van der Waals surface area contributed by atoms with Crippen molar-refractivity contribution in [1.29, 1.82) is 0 Å². The molecule has 0 aromatic heterocycles. The summed E-state index contributed by atoms with van der Waals surface area (Å²) in [6.07, 6.45) is 0.689. The molecule has 0 spiro atoms. The third-order valence-corrected chi connectivity index (χ3v) is 9.27. The molecule has 6 heteroatoms. The molecule has 0 fully saturated rings. The summed E-state index contributed by atoms with van der Waals surface area (Å²) in [5.74, 6) is -1.28. The van der Waals surface area contributed by atoms with Crippen molar-refractivity contribution in [2.45, 2.75) is 43.7 Å². The number of hydrogen-bond acceptors (Lipinski definition) is 4. The summed E-state index contributed by atoms with van der Waals surface area (Å²) in [5.41, 5.74) is 12.3. The fraction of sp³-hybridized carbons (Fsp3) is 0.220. The van der Waals surface area contributed by atoms with Gasteiger partial charge in [0.1, 0.15) is 18.2 Å². The lowest BCUT2D eigenvalue weighted by molar-refractivity contribution is -0.144. The van der Waals surface area contributed by atoms with E-state index in [0.29, 0.717) is 19.4 Å². The van der Waals surface area contributed by atoms with E-state index in [-0.39, 0.29) is 18.9 Å². The van der Waals surface area contributed by atoms with E-state index in [1.807, 2.05) is 116 Å². The molecule has 238 valence electrons. The fourth-order valence-electron chi connectivity index (χ4n) is 7.08. The molecule has 0 unspecified atom stereocenters. The Bertz CT molecular complexity index is 1740. The van der Waals surface area contributed by atoms with Crippen LogP contribution in [0, 0.1) is 6.92 Å². The van der Waals surface area contributed by atoms with Crippen LogP contribution in [-0.2, 0) is 15.1 Å².